The van der Waals surface area contributed by atoms with E-state index in [0.717, 1.165) is 24.7 Å². The predicted molar refractivity (Wildman–Crippen MR) is 85.6 cm³/mol. The van der Waals surface area contributed by atoms with Crippen LogP contribution < -0.4 is 14.8 Å². The molecule has 0 bridgehead atoms. The molecule has 2 N–H and O–H groups in total. The highest BCUT2D eigenvalue weighted by atomic mass is 32.2. The topological polar surface area (TPSA) is 101 Å². The average Bonchev–Trinajstić information content (AvgIpc) is 2.51. The Morgan fingerprint density at radius 1 is 1.52 bits per heavy atom. The summed E-state index contributed by atoms with van der Waals surface area (Å²) in [5.74, 6) is 0.475. The van der Waals surface area contributed by atoms with Crippen molar-refractivity contribution in [2.45, 2.75) is 25.4 Å². The fraction of sp³-hybridized carbons (Fsp3) is 0.571. The molecule has 2 heterocycles. The van der Waals surface area contributed by atoms with Crippen molar-refractivity contribution in [2.24, 2.45) is 0 Å². The number of nitrogens with one attached hydrogen (secondary N) is 2. The molecule has 2 rings (SSSR count). The molecular weight excluding hydrogens is 320 g/mol. The monoisotopic (exact) mass is 342 g/mol. The van der Waals surface area contributed by atoms with Gasteiger partial charge >= 0.3 is 6.03 Å². The number of sulfonamides is 1. The summed E-state index contributed by atoms with van der Waals surface area (Å²) in [5.41, 5.74) is 0.783. The van der Waals surface area contributed by atoms with Crippen LogP contribution in [0.1, 0.15) is 18.4 Å². The van der Waals surface area contributed by atoms with Crippen molar-refractivity contribution < 1.29 is 17.9 Å². The van der Waals surface area contributed by atoms with Crippen molar-refractivity contribution >= 4 is 16.1 Å². The minimum atomic E-state index is -3.27. The molecule has 2 amide bonds. The number of nitrogens with zero attached hydrogens (tertiary/aromatic N) is 2. The molecule has 0 radical (unpaired) electrons. The Balaban J connectivity index is 1.90. The van der Waals surface area contributed by atoms with E-state index in [-0.39, 0.29) is 12.1 Å². The second-order valence-electron chi connectivity index (χ2n) is 5.51. The van der Waals surface area contributed by atoms with Gasteiger partial charge < -0.3 is 15.0 Å². The van der Waals surface area contributed by atoms with E-state index in [2.05, 4.69) is 15.0 Å². The Kier molecular flexibility index (Phi) is 5.78. The summed E-state index contributed by atoms with van der Waals surface area (Å²) in [7, 11) is -1.74. The lowest BCUT2D eigenvalue weighted by atomic mass is 10.1. The van der Waals surface area contributed by atoms with Crippen LogP contribution in [0.5, 0.6) is 5.88 Å². The Bertz CT molecular complexity index is 650. The van der Waals surface area contributed by atoms with Gasteiger partial charge in [0.1, 0.15) is 0 Å². The first kappa shape index (κ1) is 17.5. The third kappa shape index (κ3) is 5.36. The molecule has 1 atom stereocenters. The molecule has 23 heavy (non-hydrogen) atoms. The van der Waals surface area contributed by atoms with Crippen LogP contribution in [0.4, 0.5) is 4.79 Å². The van der Waals surface area contributed by atoms with Gasteiger partial charge in [-0.05, 0) is 18.9 Å². The van der Waals surface area contributed by atoms with Crippen molar-refractivity contribution in [1.82, 2.24) is 19.9 Å². The molecule has 128 valence electrons. The lowest BCUT2D eigenvalue weighted by Crippen LogP contribution is -2.51. The van der Waals surface area contributed by atoms with Gasteiger partial charge in [-0.1, -0.05) is 6.07 Å². The van der Waals surface area contributed by atoms with Crippen molar-refractivity contribution in [2.75, 3.05) is 26.5 Å². The summed E-state index contributed by atoms with van der Waals surface area (Å²) in [5, 5.41) is 2.82. The lowest BCUT2D eigenvalue weighted by molar-refractivity contribution is 0.177. The lowest BCUT2D eigenvalue weighted by Gasteiger charge is -2.32. The van der Waals surface area contributed by atoms with Gasteiger partial charge in [0.15, 0.2) is 0 Å². The Hall–Kier alpha value is -1.87. The van der Waals surface area contributed by atoms with Gasteiger partial charge in [-0.15, -0.1) is 0 Å². The van der Waals surface area contributed by atoms with Gasteiger partial charge in [-0.25, -0.2) is 22.9 Å². The molecule has 1 saturated heterocycles. The van der Waals surface area contributed by atoms with Crippen LogP contribution in [0.15, 0.2) is 18.3 Å². The summed E-state index contributed by atoms with van der Waals surface area (Å²) in [4.78, 5) is 18.0. The number of urea groups is 1. The summed E-state index contributed by atoms with van der Waals surface area (Å²) >= 11 is 0. The maximum absolute atomic E-state index is 12.3. The third-order valence-corrected chi connectivity index (χ3v) is 4.32. The summed E-state index contributed by atoms with van der Waals surface area (Å²) in [6.07, 6.45) is 4.24. The van der Waals surface area contributed by atoms with E-state index in [1.54, 1.807) is 17.2 Å². The number of aromatic nitrogens is 1. The Morgan fingerprint density at radius 2 is 2.30 bits per heavy atom. The molecule has 0 aromatic carbocycles. The number of piperidine rings is 1. The van der Waals surface area contributed by atoms with E-state index in [0.29, 0.717) is 25.5 Å². The molecule has 1 aliphatic heterocycles. The molecule has 9 heteroatoms. The number of pyridine rings is 1. The van der Waals surface area contributed by atoms with Crippen molar-refractivity contribution in [3.8, 4) is 5.88 Å². The van der Waals surface area contributed by atoms with Crippen molar-refractivity contribution in [1.29, 1.82) is 0 Å². The van der Waals surface area contributed by atoms with Gasteiger partial charge in [0, 0.05) is 37.4 Å². The van der Waals surface area contributed by atoms with Crippen LogP contribution in [0, 0.1) is 0 Å². The fourth-order valence-electron chi connectivity index (χ4n) is 2.59. The highest BCUT2D eigenvalue weighted by molar-refractivity contribution is 7.88. The highest BCUT2D eigenvalue weighted by Crippen LogP contribution is 2.14. The smallest absolute Gasteiger partial charge is 0.317 e. The van der Waals surface area contributed by atoms with Gasteiger partial charge in [0.05, 0.1) is 13.4 Å². The van der Waals surface area contributed by atoms with E-state index >= 15 is 0 Å². The van der Waals surface area contributed by atoms with Crippen LogP contribution in [0.25, 0.3) is 0 Å². The molecule has 1 aromatic heterocycles. The Morgan fingerprint density at radius 3 is 3.00 bits per heavy atom. The van der Waals surface area contributed by atoms with Gasteiger partial charge in [0.25, 0.3) is 0 Å². The maximum Gasteiger partial charge on any atom is 0.317 e. The van der Waals surface area contributed by atoms with E-state index in [1.807, 2.05) is 6.07 Å². The van der Waals surface area contributed by atoms with Crippen molar-refractivity contribution in [3.63, 3.8) is 0 Å². The number of rotatable bonds is 5. The molecule has 0 unspecified atom stereocenters. The number of likely N-dealkylation sites (tertiary alicyclic amines) is 1. The zero-order valence-corrected chi connectivity index (χ0v) is 14.1. The van der Waals surface area contributed by atoms with Gasteiger partial charge in [-0.2, -0.15) is 0 Å². The second-order valence-corrected chi connectivity index (χ2v) is 7.29. The molecule has 0 saturated carbocycles. The summed E-state index contributed by atoms with van der Waals surface area (Å²) in [6, 6.07) is 3.14. The number of amides is 2. The largest absolute Gasteiger partial charge is 0.481 e. The Labute approximate surface area is 136 Å². The molecule has 1 aromatic rings. The summed E-state index contributed by atoms with van der Waals surface area (Å²) in [6.45, 7) is 1.28. The zero-order valence-electron chi connectivity index (χ0n) is 13.3. The number of carbonyl (C=O) groups excluding carboxylic acids is 1. The van der Waals surface area contributed by atoms with Crippen molar-refractivity contribution in [3.05, 3.63) is 23.9 Å². The van der Waals surface area contributed by atoms with Crippen LogP contribution >= 0.6 is 0 Å². The zero-order chi connectivity index (χ0) is 16.9. The minimum absolute atomic E-state index is 0.226. The number of methoxy groups -OCH3 is 1. The molecule has 1 fully saturated rings. The SMILES string of the molecule is COc1ncccc1CNC(=O)N1CCC[C@H](NS(C)(=O)=O)C1. The molecule has 8 nitrogen and oxygen atoms in total. The number of hydrogen-bond donors (Lipinski definition) is 2. The normalized spacial score (nSPS) is 18.5. The van der Waals surface area contributed by atoms with E-state index in [4.69, 9.17) is 4.74 Å². The van der Waals surface area contributed by atoms with E-state index in [9.17, 15) is 13.2 Å². The van der Waals surface area contributed by atoms with E-state index < -0.39 is 10.0 Å². The van der Waals surface area contributed by atoms with E-state index in [1.165, 1.54) is 7.11 Å². The first-order valence-corrected chi connectivity index (χ1v) is 9.26. The second kappa shape index (κ2) is 7.60. The third-order valence-electron chi connectivity index (χ3n) is 3.56. The van der Waals surface area contributed by atoms with Gasteiger partial charge in [-0.3, -0.25) is 0 Å². The first-order valence-electron chi connectivity index (χ1n) is 7.37. The fourth-order valence-corrected chi connectivity index (χ4v) is 3.38. The molecule has 1 aliphatic rings. The molecule has 0 aliphatic carbocycles. The van der Waals surface area contributed by atoms with Crippen LogP contribution in [-0.2, 0) is 16.6 Å². The number of ether oxygens (including phenoxy) is 1. The average molecular weight is 342 g/mol. The summed E-state index contributed by atoms with van der Waals surface area (Å²) < 4.78 is 30.3. The van der Waals surface area contributed by atoms with Crippen LogP contribution in [-0.4, -0.2) is 56.8 Å². The number of hydrogen-bond acceptors (Lipinski definition) is 5. The highest BCUT2D eigenvalue weighted by Gasteiger charge is 2.25. The maximum atomic E-state index is 12.3. The quantitative estimate of drug-likeness (QED) is 0.802. The minimum Gasteiger partial charge on any atom is -0.481 e. The van der Waals surface area contributed by atoms with Gasteiger partial charge in [0.2, 0.25) is 15.9 Å². The van der Waals surface area contributed by atoms with Crippen LogP contribution in [0.2, 0.25) is 0 Å². The first-order chi connectivity index (χ1) is 10.9. The number of carbonyl (C=O) groups is 1. The standard InChI is InChI=1S/C14H22N4O4S/c1-22-13-11(5-3-7-15-13)9-16-14(19)18-8-4-6-12(10-18)17-23(2,20)21/h3,5,7,12,17H,4,6,8-10H2,1-2H3,(H,16,19)/t12-/m0/s1. The predicted octanol–water partition coefficient (Wildman–Crippen LogP) is 0.313. The molecular formula is C14H22N4O4S. The molecule has 0 spiro atoms. The van der Waals surface area contributed by atoms with Crippen LogP contribution in [0.3, 0.4) is 0 Å².